The van der Waals surface area contributed by atoms with Crippen molar-refractivity contribution in [2.24, 2.45) is 11.3 Å². The van der Waals surface area contributed by atoms with E-state index in [-0.39, 0.29) is 17.1 Å². The predicted molar refractivity (Wildman–Crippen MR) is 115 cm³/mol. The first-order valence-corrected chi connectivity index (χ1v) is 10.6. The topological polar surface area (TPSA) is 125 Å². The van der Waals surface area contributed by atoms with Crippen molar-refractivity contribution in [2.45, 2.75) is 31.2 Å². The first kappa shape index (κ1) is 20.4. The molecule has 0 saturated heterocycles. The summed E-state index contributed by atoms with van der Waals surface area (Å²) in [5, 5.41) is 27.8. The van der Waals surface area contributed by atoms with Gasteiger partial charge in [0.1, 0.15) is 6.10 Å². The van der Waals surface area contributed by atoms with Gasteiger partial charge in [-0.3, -0.25) is 4.79 Å². The number of fused-ring (bicyclic) bond motifs is 2. The molecule has 0 radical (unpaired) electrons. The summed E-state index contributed by atoms with van der Waals surface area (Å²) in [6.45, 7) is 0.447. The Hall–Kier alpha value is -2.46. The molecule has 2 aliphatic carbocycles. The van der Waals surface area contributed by atoms with Crippen molar-refractivity contribution in [3.8, 4) is 0 Å². The van der Waals surface area contributed by atoms with Gasteiger partial charge in [-0.1, -0.05) is 23.7 Å². The lowest BCUT2D eigenvalue weighted by Crippen LogP contribution is -2.41. The molecule has 0 bridgehead atoms. The van der Waals surface area contributed by atoms with Crippen LogP contribution in [-0.2, 0) is 11.3 Å². The zero-order valence-corrected chi connectivity index (χ0v) is 18.0. The van der Waals surface area contributed by atoms with Crippen molar-refractivity contribution in [2.75, 3.05) is 12.4 Å². The van der Waals surface area contributed by atoms with E-state index in [1.165, 1.54) is 7.05 Å². The number of carbonyl (C=O) groups is 1. The molecule has 2 fully saturated rings. The van der Waals surface area contributed by atoms with E-state index < -0.39 is 23.7 Å². The maximum Gasteiger partial charge on any atom is 0.229 e. The highest BCUT2D eigenvalue weighted by Crippen LogP contribution is 2.67. The number of benzene rings is 1. The molecule has 1 aromatic carbocycles. The van der Waals surface area contributed by atoms with Crippen LogP contribution in [0, 0.1) is 11.3 Å². The zero-order valence-electron chi connectivity index (χ0n) is 16.5. The number of rotatable bonds is 5. The van der Waals surface area contributed by atoms with E-state index in [0.717, 1.165) is 5.56 Å². The van der Waals surface area contributed by atoms with Crippen LogP contribution in [-0.4, -0.2) is 54.9 Å². The number of imidazole rings is 1. The number of hydrogen-bond donors (Lipinski definition) is 4. The van der Waals surface area contributed by atoms with Gasteiger partial charge < -0.3 is 25.4 Å². The third-order valence-electron chi connectivity index (χ3n) is 6.39. The van der Waals surface area contributed by atoms with Crippen molar-refractivity contribution in [1.29, 1.82) is 0 Å². The molecule has 0 spiro atoms. The van der Waals surface area contributed by atoms with Gasteiger partial charge in [0.2, 0.25) is 11.2 Å². The van der Waals surface area contributed by atoms with E-state index >= 15 is 0 Å². The summed E-state index contributed by atoms with van der Waals surface area (Å²) in [7, 11) is 1.52. The zero-order chi connectivity index (χ0) is 21.9. The van der Waals surface area contributed by atoms with E-state index in [2.05, 4.69) is 25.6 Å². The van der Waals surface area contributed by atoms with Gasteiger partial charge in [0.25, 0.3) is 0 Å². The van der Waals surface area contributed by atoms with E-state index in [4.69, 9.17) is 23.2 Å². The fourth-order valence-electron chi connectivity index (χ4n) is 4.85. The van der Waals surface area contributed by atoms with Crippen LogP contribution < -0.4 is 10.6 Å². The van der Waals surface area contributed by atoms with Crippen molar-refractivity contribution in [1.82, 2.24) is 24.8 Å². The van der Waals surface area contributed by atoms with Crippen molar-refractivity contribution in [3.63, 3.8) is 0 Å². The molecule has 3 aromatic rings. The van der Waals surface area contributed by atoms with Crippen LogP contribution in [0.4, 0.5) is 5.82 Å². The average molecular weight is 463 g/mol. The monoisotopic (exact) mass is 462 g/mol. The number of anilines is 1. The lowest BCUT2D eigenvalue weighted by Gasteiger charge is -2.23. The summed E-state index contributed by atoms with van der Waals surface area (Å²) >= 11 is 12.2. The molecule has 4 N–H and O–H groups in total. The minimum absolute atomic E-state index is 0.0178. The average Bonchev–Trinajstić information content (AvgIpc) is 3.29. The molecule has 2 aromatic heterocycles. The summed E-state index contributed by atoms with van der Waals surface area (Å²) in [6, 6.07) is 6.88. The predicted octanol–water partition coefficient (Wildman–Crippen LogP) is 1.77. The van der Waals surface area contributed by atoms with E-state index in [9.17, 15) is 15.0 Å². The maximum absolute atomic E-state index is 12.4. The van der Waals surface area contributed by atoms with Gasteiger partial charge in [0, 0.05) is 24.5 Å². The molecule has 11 heteroatoms. The molecular weight excluding hydrogens is 443 g/mol. The lowest BCUT2D eigenvalue weighted by atomic mass is 9.98. The fraction of sp³-hybridized carbons (Fsp3) is 0.400. The Balaban J connectivity index is 1.49. The molecule has 2 heterocycles. The van der Waals surface area contributed by atoms with Gasteiger partial charge in [0.05, 0.1) is 23.9 Å². The van der Waals surface area contributed by atoms with Gasteiger partial charge in [-0.25, -0.2) is 4.98 Å². The van der Waals surface area contributed by atoms with Crippen LogP contribution in [0.25, 0.3) is 11.2 Å². The van der Waals surface area contributed by atoms with Crippen molar-refractivity contribution in [3.05, 3.63) is 46.5 Å². The minimum atomic E-state index is -1.17. The summed E-state index contributed by atoms with van der Waals surface area (Å²) < 4.78 is 1.68. The highest BCUT2D eigenvalue weighted by molar-refractivity contribution is 6.30. The normalized spacial score (nSPS) is 29.1. The maximum atomic E-state index is 12.4. The Bertz CT molecular complexity index is 1190. The van der Waals surface area contributed by atoms with Gasteiger partial charge in [-0.15, -0.1) is 0 Å². The van der Waals surface area contributed by atoms with Crippen LogP contribution in [0.1, 0.15) is 18.0 Å². The quantitative estimate of drug-likeness (QED) is 0.425. The first-order chi connectivity index (χ1) is 14.9. The second kappa shape index (κ2) is 7.30. The fourth-order valence-corrected chi connectivity index (χ4v) is 5.23. The number of hydrogen-bond acceptors (Lipinski definition) is 7. The van der Waals surface area contributed by atoms with Crippen LogP contribution in [0.3, 0.4) is 0 Å². The Morgan fingerprint density at radius 3 is 2.87 bits per heavy atom. The van der Waals surface area contributed by atoms with Gasteiger partial charge in [-0.2, -0.15) is 9.97 Å². The Labute approximate surface area is 187 Å². The highest BCUT2D eigenvalue weighted by atomic mass is 35.5. The molecule has 4 unspecified atom stereocenters. The largest absolute Gasteiger partial charge is 0.389 e. The standard InChI is InChI=1S/C20H20Cl2N6O3/c1-23-18(31)20-6-11(20)13(14(29)15(20)30)28-8-25-12-16(26-19(22)27-17(12)28)24-7-9-3-2-4-10(21)5-9/h2-5,8,11,13-15,29-30H,6-7H2,1H3,(H,23,31)(H,24,26,27)/t11?,13?,14?,15?,20-/m0/s1. The third-order valence-corrected chi connectivity index (χ3v) is 6.79. The SMILES string of the molecule is CNC(=O)[C@@]12CC1C(n1cnc3c(NCc4cccc(Cl)c4)nc(Cl)nc31)C(O)C2O. The van der Waals surface area contributed by atoms with Crippen LogP contribution in [0.5, 0.6) is 0 Å². The molecule has 2 saturated carbocycles. The molecule has 1 amide bonds. The highest BCUT2D eigenvalue weighted by Gasteiger charge is 2.75. The molecule has 0 aliphatic heterocycles. The minimum Gasteiger partial charge on any atom is -0.389 e. The Morgan fingerprint density at radius 2 is 2.13 bits per heavy atom. The molecule has 2 aliphatic rings. The Kier molecular flexibility index (Phi) is 4.82. The van der Waals surface area contributed by atoms with Crippen LogP contribution >= 0.6 is 23.2 Å². The van der Waals surface area contributed by atoms with Gasteiger partial charge in [0.15, 0.2) is 17.0 Å². The number of nitrogens with zero attached hydrogens (tertiary/aromatic N) is 4. The number of aliphatic hydroxyl groups excluding tert-OH is 2. The van der Waals surface area contributed by atoms with Gasteiger partial charge >= 0.3 is 0 Å². The number of carbonyl (C=O) groups excluding carboxylic acids is 1. The smallest absolute Gasteiger partial charge is 0.229 e. The first-order valence-electron chi connectivity index (χ1n) is 9.83. The second-order valence-electron chi connectivity index (χ2n) is 8.00. The van der Waals surface area contributed by atoms with E-state index in [0.29, 0.717) is 35.0 Å². The number of amides is 1. The van der Waals surface area contributed by atoms with Crippen LogP contribution in [0.15, 0.2) is 30.6 Å². The summed E-state index contributed by atoms with van der Waals surface area (Å²) in [5.41, 5.74) is 0.869. The second-order valence-corrected chi connectivity index (χ2v) is 8.78. The summed E-state index contributed by atoms with van der Waals surface area (Å²) in [6.07, 6.45) is -0.282. The number of aliphatic hydroxyl groups is 2. The molecule has 5 rings (SSSR count). The lowest BCUT2D eigenvalue weighted by molar-refractivity contribution is -0.132. The summed E-state index contributed by atoms with van der Waals surface area (Å²) in [4.78, 5) is 25.4. The number of nitrogens with one attached hydrogen (secondary N) is 2. The molecule has 9 nitrogen and oxygen atoms in total. The molecule has 5 atom stereocenters. The molecule has 162 valence electrons. The molecule has 31 heavy (non-hydrogen) atoms. The number of halogens is 2. The summed E-state index contributed by atoms with van der Waals surface area (Å²) in [5.74, 6) is -0.0610. The van der Waals surface area contributed by atoms with Crippen molar-refractivity contribution >= 4 is 46.1 Å². The van der Waals surface area contributed by atoms with Crippen molar-refractivity contribution < 1.29 is 15.0 Å². The van der Waals surface area contributed by atoms with Crippen LogP contribution in [0.2, 0.25) is 10.3 Å². The Morgan fingerprint density at radius 1 is 1.32 bits per heavy atom. The third kappa shape index (κ3) is 3.07. The van der Waals surface area contributed by atoms with E-state index in [1.54, 1.807) is 17.0 Å². The number of aromatic nitrogens is 4. The molecular formula is C20H20Cl2N6O3. The van der Waals surface area contributed by atoms with E-state index in [1.807, 2.05) is 18.2 Å². The van der Waals surface area contributed by atoms with Gasteiger partial charge in [-0.05, 0) is 35.7 Å².